The fourth-order valence-electron chi connectivity index (χ4n) is 2.52. The molecule has 0 atom stereocenters. The van der Waals surface area contributed by atoms with Gasteiger partial charge in [0, 0.05) is 0 Å². The summed E-state index contributed by atoms with van der Waals surface area (Å²) in [4.78, 5) is 36.7. The zero-order chi connectivity index (χ0) is 20.1. The normalized spacial score (nSPS) is 14.9. The monoisotopic (exact) mass is 384 g/mol. The Labute approximate surface area is 160 Å². The number of halogens is 1. The molecule has 1 N–H and O–H groups in total. The number of ether oxygens (including phenoxy) is 2. The first-order chi connectivity index (χ1) is 13.5. The minimum atomic E-state index is -0.543. The average Bonchev–Trinajstić information content (AvgIpc) is 2.96. The Morgan fingerprint density at radius 1 is 1.11 bits per heavy atom. The van der Waals surface area contributed by atoms with Gasteiger partial charge in [-0.15, -0.1) is 0 Å². The third kappa shape index (κ3) is 4.53. The van der Waals surface area contributed by atoms with Gasteiger partial charge in [-0.25, -0.2) is 14.0 Å². The van der Waals surface area contributed by atoms with Crippen molar-refractivity contribution < 1.29 is 28.2 Å². The Hall–Kier alpha value is -3.68. The first kappa shape index (κ1) is 19.1. The molecule has 3 amide bonds. The number of carbonyl (C=O) groups excluding carboxylic acids is 3. The average molecular weight is 384 g/mol. The molecule has 0 aromatic heterocycles. The summed E-state index contributed by atoms with van der Waals surface area (Å²) in [6.07, 6.45) is 1.54. The molecular formula is C20H17FN2O5. The Bertz CT molecular complexity index is 923. The third-order valence-electron chi connectivity index (χ3n) is 3.99. The van der Waals surface area contributed by atoms with Crippen molar-refractivity contribution in [2.45, 2.75) is 6.54 Å². The van der Waals surface area contributed by atoms with Crippen LogP contribution in [0, 0.1) is 5.82 Å². The van der Waals surface area contributed by atoms with Crippen molar-refractivity contribution in [2.24, 2.45) is 0 Å². The van der Waals surface area contributed by atoms with Gasteiger partial charge < -0.3 is 14.8 Å². The molecule has 0 saturated carbocycles. The molecule has 28 heavy (non-hydrogen) atoms. The number of esters is 1. The molecule has 1 saturated heterocycles. The predicted octanol–water partition coefficient (Wildman–Crippen LogP) is 2.47. The Morgan fingerprint density at radius 2 is 1.79 bits per heavy atom. The second kappa shape index (κ2) is 8.34. The fraction of sp³-hybridized carbons (Fsp3) is 0.150. The summed E-state index contributed by atoms with van der Waals surface area (Å²) in [6, 6.07) is 11.7. The van der Waals surface area contributed by atoms with Crippen molar-refractivity contribution in [1.82, 2.24) is 10.2 Å². The summed E-state index contributed by atoms with van der Waals surface area (Å²) in [5.41, 5.74) is 1.44. The highest BCUT2D eigenvalue weighted by molar-refractivity contribution is 6.13. The third-order valence-corrected chi connectivity index (χ3v) is 3.99. The number of hydrogen-bond donors (Lipinski definition) is 1. The number of carbonyl (C=O) groups is 3. The highest BCUT2D eigenvalue weighted by Gasteiger charge is 2.33. The van der Waals surface area contributed by atoms with Crippen molar-refractivity contribution >= 4 is 24.0 Å². The number of nitrogens with one attached hydrogen (secondary N) is 1. The summed E-state index contributed by atoms with van der Waals surface area (Å²) < 4.78 is 22.7. The molecular weight excluding hydrogens is 367 g/mol. The van der Waals surface area contributed by atoms with Crippen molar-refractivity contribution in [3.8, 4) is 5.75 Å². The standard InChI is InChI=1S/C20H17FN2O5/c1-27-18(24)12-28-16-8-4-13(5-9-16)10-17-19(25)23(20(26)22-17)11-14-2-6-15(21)7-3-14/h2-10H,11-12H2,1H3,(H,22,26). The van der Waals surface area contributed by atoms with Gasteiger partial charge in [-0.2, -0.15) is 0 Å². The largest absolute Gasteiger partial charge is 0.482 e. The summed E-state index contributed by atoms with van der Waals surface area (Å²) in [5, 5.41) is 2.53. The van der Waals surface area contributed by atoms with Crippen LogP contribution >= 0.6 is 0 Å². The number of nitrogens with zero attached hydrogens (tertiary/aromatic N) is 1. The lowest BCUT2D eigenvalue weighted by molar-refractivity contribution is -0.142. The second-order valence-electron chi connectivity index (χ2n) is 5.94. The molecule has 0 aliphatic carbocycles. The first-order valence-electron chi connectivity index (χ1n) is 8.35. The van der Waals surface area contributed by atoms with Crippen LogP contribution in [0.2, 0.25) is 0 Å². The summed E-state index contributed by atoms with van der Waals surface area (Å²) in [7, 11) is 1.27. The summed E-state index contributed by atoms with van der Waals surface area (Å²) >= 11 is 0. The van der Waals surface area contributed by atoms with Crippen molar-refractivity contribution in [3.05, 3.63) is 71.2 Å². The van der Waals surface area contributed by atoms with Gasteiger partial charge in [0.2, 0.25) is 0 Å². The Balaban J connectivity index is 1.67. The number of imide groups is 1. The topological polar surface area (TPSA) is 84.9 Å². The maximum atomic E-state index is 13.0. The van der Waals surface area contributed by atoms with Crippen LogP contribution in [0.25, 0.3) is 6.08 Å². The molecule has 2 aromatic rings. The van der Waals surface area contributed by atoms with Crippen LogP contribution in [0.1, 0.15) is 11.1 Å². The van der Waals surface area contributed by atoms with Gasteiger partial charge in [0.05, 0.1) is 13.7 Å². The lowest BCUT2D eigenvalue weighted by atomic mass is 10.1. The first-order valence-corrected chi connectivity index (χ1v) is 8.35. The van der Waals surface area contributed by atoms with Crippen molar-refractivity contribution in [1.29, 1.82) is 0 Å². The van der Waals surface area contributed by atoms with Crippen molar-refractivity contribution in [3.63, 3.8) is 0 Å². The van der Waals surface area contributed by atoms with Gasteiger partial charge in [-0.05, 0) is 41.5 Å². The molecule has 1 aliphatic rings. The molecule has 0 spiro atoms. The number of hydrogen-bond acceptors (Lipinski definition) is 5. The molecule has 1 aliphatic heterocycles. The number of benzene rings is 2. The minimum Gasteiger partial charge on any atom is -0.482 e. The van der Waals surface area contributed by atoms with Gasteiger partial charge in [-0.3, -0.25) is 9.69 Å². The SMILES string of the molecule is COC(=O)COc1ccc(C=C2NC(=O)N(Cc3ccc(F)cc3)C2=O)cc1. The molecule has 0 unspecified atom stereocenters. The van der Waals surface area contributed by atoms with Gasteiger partial charge >= 0.3 is 12.0 Å². The Kier molecular flexibility index (Phi) is 5.69. The van der Waals surface area contributed by atoms with E-state index in [4.69, 9.17) is 4.74 Å². The van der Waals surface area contributed by atoms with E-state index in [1.54, 1.807) is 24.3 Å². The molecule has 7 nitrogen and oxygen atoms in total. The van der Waals surface area contributed by atoms with Crippen LogP contribution < -0.4 is 10.1 Å². The van der Waals surface area contributed by atoms with Crippen LogP contribution in [-0.2, 0) is 20.9 Å². The minimum absolute atomic E-state index is 0.0442. The lowest BCUT2D eigenvalue weighted by Crippen LogP contribution is -2.30. The lowest BCUT2D eigenvalue weighted by Gasteiger charge is -2.11. The molecule has 8 heteroatoms. The van der Waals surface area contributed by atoms with E-state index in [2.05, 4.69) is 10.1 Å². The van der Waals surface area contributed by atoms with E-state index in [-0.39, 0.29) is 24.7 Å². The van der Waals surface area contributed by atoms with E-state index in [9.17, 15) is 18.8 Å². The molecule has 144 valence electrons. The highest BCUT2D eigenvalue weighted by Crippen LogP contribution is 2.19. The molecule has 1 fully saturated rings. The van der Waals surface area contributed by atoms with Gasteiger partial charge in [0.15, 0.2) is 6.61 Å². The smallest absolute Gasteiger partial charge is 0.343 e. The fourth-order valence-corrected chi connectivity index (χ4v) is 2.52. The number of amides is 3. The van der Waals surface area contributed by atoms with E-state index in [0.29, 0.717) is 16.9 Å². The van der Waals surface area contributed by atoms with Crippen LogP contribution in [0.3, 0.4) is 0 Å². The Morgan fingerprint density at radius 3 is 2.43 bits per heavy atom. The van der Waals surface area contributed by atoms with E-state index in [0.717, 1.165) is 4.90 Å². The van der Waals surface area contributed by atoms with Gasteiger partial charge in [0.1, 0.15) is 17.3 Å². The van der Waals surface area contributed by atoms with Crippen molar-refractivity contribution in [2.75, 3.05) is 13.7 Å². The van der Waals surface area contributed by atoms with Crippen LogP contribution in [0.4, 0.5) is 9.18 Å². The number of methoxy groups -OCH3 is 1. The summed E-state index contributed by atoms with van der Waals surface area (Å²) in [6.45, 7) is -0.160. The molecule has 3 rings (SSSR count). The van der Waals surface area contributed by atoms with Crippen LogP contribution in [0.5, 0.6) is 5.75 Å². The number of urea groups is 1. The van der Waals surface area contributed by atoms with E-state index in [1.165, 1.54) is 37.5 Å². The maximum Gasteiger partial charge on any atom is 0.343 e. The summed E-state index contributed by atoms with van der Waals surface area (Å²) in [5.74, 6) is -0.889. The maximum absolute atomic E-state index is 13.0. The van der Waals surface area contributed by atoms with Gasteiger partial charge in [0.25, 0.3) is 5.91 Å². The zero-order valence-corrected chi connectivity index (χ0v) is 15.0. The van der Waals surface area contributed by atoms with E-state index in [1.807, 2.05) is 0 Å². The van der Waals surface area contributed by atoms with E-state index >= 15 is 0 Å². The van der Waals surface area contributed by atoms with Crippen LogP contribution in [0.15, 0.2) is 54.2 Å². The van der Waals surface area contributed by atoms with E-state index < -0.39 is 17.9 Å². The predicted molar refractivity (Wildman–Crippen MR) is 97.4 cm³/mol. The second-order valence-corrected chi connectivity index (χ2v) is 5.94. The molecule has 0 radical (unpaired) electrons. The number of rotatable bonds is 6. The quantitative estimate of drug-likeness (QED) is 0.470. The molecule has 2 aromatic carbocycles. The molecule has 0 bridgehead atoms. The zero-order valence-electron chi connectivity index (χ0n) is 15.0. The van der Waals surface area contributed by atoms with Crippen LogP contribution in [-0.4, -0.2) is 36.5 Å². The molecule has 1 heterocycles. The van der Waals surface area contributed by atoms with Gasteiger partial charge in [-0.1, -0.05) is 24.3 Å². The highest BCUT2D eigenvalue weighted by atomic mass is 19.1.